The summed E-state index contributed by atoms with van der Waals surface area (Å²) in [6, 6.07) is 6.04. The van der Waals surface area contributed by atoms with E-state index in [4.69, 9.17) is 0 Å². The molecule has 154 valence electrons. The largest absolute Gasteiger partial charge is 0.348 e. The van der Waals surface area contributed by atoms with Gasteiger partial charge < -0.3 is 10.2 Å². The highest BCUT2D eigenvalue weighted by atomic mass is 19.1. The van der Waals surface area contributed by atoms with Crippen molar-refractivity contribution in [3.8, 4) is 0 Å². The first-order valence-electron chi connectivity index (χ1n) is 10.3. The summed E-state index contributed by atoms with van der Waals surface area (Å²) in [6.07, 6.45) is 3.46. The molecule has 0 spiro atoms. The van der Waals surface area contributed by atoms with Crippen LogP contribution in [0, 0.1) is 5.82 Å². The fourth-order valence-corrected chi connectivity index (χ4v) is 3.87. The van der Waals surface area contributed by atoms with Crippen LogP contribution in [0.25, 0.3) is 0 Å². The van der Waals surface area contributed by atoms with E-state index in [9.17, 15) is 14.0 Å². The predicted molar refractivity (Wildman–Crippen MR) is 106 cm³/mol. The zero-order valence-electron chi connectivity index (χ0n) is 16.7. The summed E-state index contributed by atoms with van der Waals surface area (Å²) in [4.78, 5) is 31.0. The van der Waals surface area contributed by atoms with Gasteiger partial charge in [-0.2, -0.15) is 0 Å². The van der Waals surface area contributed by atoms with Gasteiger partial charge in [0.2, 0.25) is 11.8 Å². The minimum absolute atomic E-state index is 0.0327. The van der Waals surface area contributed by atoms with Gasteiger partial charge in [-0.15, -0.1) is 0 Å². The first kappa shape index (κ1) is 20.7. The molecule has 1 N–H and O–H groups in total. The molecule has 2 aliphatic heterocycles. The number of carbonyl (C=O) groups is 2. The Kier molecular flexibility index (Phi) is 7.39. The van der Waals surface area contributed by atoms with Crippen LogP contribution in [-0.4, -0.2) is 78.9 Å². The highest BCUT2D eigenvalue weighted by Crippen LogP contribution is 2.13. The summed E-state index contributed by atoms with van der Waals surface area (Å²) in [5.74, 6) is -0.0763. The zero-order valence-corrected chi connectivity index (χ0v) is 16.7. The van der Waals surface area contributed by atoms with E-state index < -0.39 is 0 Å². The lowest BCUT2D eigenvalue weighted by Crippen LogP contribution is -2.52. The molecule has 2 amide bonds. The van der Waals surface area contributed by atoms with E-state index in [1.807, 2.05) is 11.8 Å². The first-order chi connectivity index (χ1) is 13.5. The number of piperidine rings is 1. The number of hydrogen-bond donors (Lipinski definition) is 1. The molecule has 6 nitrogen and oxygen atoms in total. The monoisotopic (exact) mass is 390 g/mol. The first-order valence-corrected chi connectivity index (χ1v) is 10.3. The number of amides is 2. The molecule has 1 atom stereocenters. The average Bonchev–Trinajstić information content (AvgIpc) is 2.70. The van der Waals surface area contributed by atoms with Crippen LogP contribution in [0.3, 0.4) is 0 Å². The summed E-state index contributed by atoms with van der Waals surface area (Å²) in [6.45, 7) is 7.70. The Labute approximate surface area is 166 Å². The molecular formula is C21H31FN4O2. The maximum absolute atomic E-state index is 13.0. The average molecular weight is 391 g/mol. The van der Waals surface area contributed by atoms with Crippen molar-refractivity contribution in [1.82, 2.24) is 20.0 Å². The molecular weight excluding hydrogens is 359 g/mol. The Morgan fingerprint density at radius 3 is 2.11 bits per heavy atom. The van der Waals surface area contributed by atoms with Crippen LogP contribution in [0.15, 0.2) is 24.3 Å². The maximum atomic E-state index is 13.0. The van der Waals surface area contributed by atoms with E-state index in [1.54, 1.807) is 12.1 Å². The van der Waals surface area contributed by atoms with E-state index in [0.29, 0.717) is 13.1 Å². The summed E-state index contributed by atoms with van der Waals surface area (Å²) in [5, 5.41) is 2.97. The summed E-state index contributed by atoms with van der Waals surface area (Å²) in [5.41, 5.74) is 0.885. The van der Waals surface area contributed by atoms with Crippen LogP contribution in [0.4, 0.5) is 4.39 Å². The van der Waals surface area contributed by atoms with Crippen LogP contribution < -0.4 is 5.32 Å². The van der Waals surface area contributed by atoms with Crippen molar-refractivity contribution in [2.24, 2.45) is 0 Å². The van der Waals surface area contributed by atoms with Crippen LogP contribution >= 0.6 is 0 Å². The summed E-state index contributed by atoms with van der Waals surface area (Å²) in [7, 11) is 0. The van der Waals surface area contributed by atoms with Crippen molar-refractivity contribution in [1.29, 1.82) is 0 Å². The molecule has 7 heteroatoms. The van der Waals surface area contributed by atoms with Crippen molar-refractivity contribution in [3.05, 3.63) is 35.6 Å². The second kappa shape index (κ2) is 9.98. The predicted octanol–water partition coefficient (Wildman–Crippen LogP) is 1.63. The van der Waals surface area contributed by atoms with E-state index in [2.05, 4.69) is 15.1 Å². The molecule has 2 aliphatic rings. The van der Waals surface area contributed by atoms with E-state index in [0.717, 1.165) is 57.7 Å². The van der Waals surface area contributed by atoms with Crippen LogP contribution in [0.2, 0.25) is 0 Å². The third-order valence-corrected chi connectivity index (χ3v) is 5.65. The molecule has 2 saturated heterocycles. The number of halogens is 1. The molecule has 0 aromatic heterocycles. The van der Waals surface area contributed by atoms with Gasteiger partial charge in [0, 0.05) is 39.3 Å². The number of carbonyl (C=O) groups excluding carboxylic acids is 2. The molecule has 0 radical (unpaired) electrons. The standard InChI is InChI=1S/C21H31FN4O2/c1-17(18-5-7-19(22)8-6-18)23-20(27)15-24-11-13-25(14-12-24)16-21(28)26-9-3-2-4-10-26/h5-8,17H,2-4,9-16H2,1H3,(H,23,27). The fourth-order valence-electron chi connectivity index (χ4n) is 3.87. The van der Waals surface area contributed by atoms with Gasteiger partial charge in [-0.05, 0) is 43.9 Å². The van der Waals surface area contributed by atoms with Gasteiger partial charge >= 0.3 is 0 Å². The highest BCUT2D eigenvalue weighted by molar-refractivity contribution is 5.79. The van der Waals surface area contributed by atoms with E-state index in [1.165, 1.54) is 18.6 Å². The van der Waals surface area contributed by atoms with Crippen molar-refractivity contribution in [2.75, 3.05) is 52.4 Å². The number of nitrogens with zero attached hydrogens (tertiary/aromatic N) is 3. The zero-order chi connectivity index (χ0) is 19.9. The number of rotatable bonds is 6. The topological polar surface area (TPSA) is 55.9 Å². The minimum atomic E-state index is -0.279. The number of nitrogens with one attached hydrogen (secondary N) is 1. The molecule has 1 aromatic rings. The summed E-state index contributed by atoms with van der Waals surface area (Å²) >= 11 is 0. The maximum Gasteiger partial charge on any atom is 0.236 e. The van der Waals surface area contributed by atoms with Gasteiger partial charge in [0.25, 0.3) is 0 Å². The lowest BCUT2D eigenvalue weighted by Gasteiger charge is -2.35. The van der Waals surface area contributed by atoms with Gasteiger partial charge in [-0.3, -0.25) is 19.4 Å². The number of likely N-dealkylation sites (tertiary alicyclic amines) is 1. The summed E-state index contributed by atoms with van der Waals surface area (Å²) < 4.78 is 13.0. The van der Waals surface area contributed by atoms with Gasteiger partial charge in [0.1, 0.15) is 5.82 Å². The molecule has 1 unspecified atom stereocenters. The van der Waals surface area contributed by atoms with Gasteiger partial charge in [-0.25, -0.2) is 4.39 Å². The smallest absolute Gasteiger partial charge is 0.236 e. The van der Waals surface area contributed by atoms with Crippen molar-refractivity contribution < 1.29 is 14.0 Å². The van der Waals surface area contributed by atoms with Gasteiger partial charge in [-0.1, -0.05) is 12.1 Å². The Morgan fingerprint density at radius 2 is 1.50 bits per heavy atom. The number of hydrogen-bond acceptors (Lipinski definition) is 4. The van der Waals surface area contributed by atoms with Gasteiger partial charge in [0.05, 0.1) is 19.1 Å². The van der Waals surface area contributed by atoms with Crippen molar-refractivity contribution in [2.45, 2.75) is 32.2 Å². The SMILES string of the molecule is CC(NC(=O)CN1CCN(CC(=O)N2CCCCC2)CC1)c1ccc(F)cc1. The Hall–Kier alpha value is -1.99. The third kappa shape index (κ3) is 6.01. The molecule has 0 saturated carbocycles. The van der Waals surface area contributed by atoms with Gasteiger partial charge in [0.15, 0.2) is 0 Å². The molecule has 3 rings (SSSR count). The Morgan fingerprint density at radius 1 is 0.929 bits per heavy atom. The number of piperazine rings is 1. The second-order valence-electron chi connectivity index (χ2n) is 7.83. The lowest BCUT2D eigenvalue weighted by atomic mass is 10.1. The highest BCUT2D eigenvalue weighted by Gasteiger charge is 2.24. The molecule has 0 aliphatic carbocycles. The van der Waals surface area contributed by atoms with Crippen LogP contribution in [0.1, 0.15) is 37.8 Å². The molecule has 28 heavy (non-hydrogen) atoms. The van der Waals surface area contributed by atoms with Crippen molar-refractivity contribution >= 4 is 11.8 Å². The molecule has 0 bridgehead atoms. The van der Waals surface area contributed by atoms with E-state index >= 15 is 0 Å². The normalized spacial score (nSPS) is 20.0. The quantitative estimate of drug-likeness (QED) is 0.802. The second-order valence-corrected chi connectivity index (χ2v) is 7.83. The van der Waals surface area contributed by atoms with Crippen LogP contribution in [-0.2, 0) is 9.59 Å². The van der Waals surface area contributed by atoms with Crippen molar-refractivity contribution in [3.63, 3.8) is 0 Å². The van der Waals surface area contributed by atoms with Crippen LogP contribution in [0.5, 0.6) is 0 Å². The molecule has 2 fully saturated rings. The Balaban J connectivity index is 1.37. The Bertz CT molecular complexity index is 653. The third-order valence-electron chi connectivity index (χ3n) is 5.65. The molecule has 2 heterocycles. The number of benzene rings is 1. The lowest BCUT2D eigenvalue weighted by molar-refractivity contribution is -0.134. The molecule has 1 aromatic carbocycles. The minimum Gasteiger partial charge on any atom is -0.348 e. The van der Waals surface area contributed by atoms with E-state index in [-0.39, 0.29) is 23.7 Å². The fraction of sp³-hybridized carbons (Fsp3) is 0.619.